The van der Waals surface area contributed by atoms with Gasteiger partial charge in [-0.25, -0.2) is 0 Å². The quantitative estimate of drug-likeness (QED) is 0.841. The summed E-state index contributed by atoms with van der Waals surface area (Å²) in [5.41, 5.74) is 8.12. The number of ether oxygens (including phenoxy) is 1. The molecule has 0 amide bonds. The monoisotopic (exact) mass is 215 g/mol. The van der Waals surface area contributed by atoms with Crippen LogP contribution < -0.4 is 10.5 Å². The van der Waals surface area contributed by atoms with Gasteiger partial charge >= 0.3 is 0 Å². The summed E-state index contributed by atoms with van der Waals surface area (Å²) in [5, 5.41) is 0. The first kappa shape index (κ1) is 13.3. The highest BCUT2D eigenvalue weighted by atomic mass is 35.5. The van der Waals surface area contributed by atoms with E-state index < -0.39 is 0 Å². The highest BCUT2D eigenvalue weighted by Crippen LogP contribution is 2.16. The second kappa shape index (κ2) is 5.89. The number of hydrogen-bond acceptors (Lipinski definition) is 2. The first-order valence-corrected chi connectivity index (χ1v) is 4.55. The van der Waals surface area contributed by atoms with E-state index in [0.29, 0.717) is 6.61 Å². The van der Waals surface area contributed by atoms with Crippen molar-refractivity contribution in [2.75, 3.05) is 6.61 Å². The van der Waals surface area contributed by atoms with Crippen LogP contribution >= 0.6 is 12.4 Å². The summed E-state index contributed by atoms with van der Waals surface area (Å²) in [7, 11) is 0. The van der Waals surface area contributed by atoms with Crippen LogP contribution in [0.4, 0.5) is 0 Å². The van der Waals surface area contributed by atoms with E-state index in [1.807, 2.05) is 19.1 Å². The predicted molar refractivity (Wildman–Crippen MR) is 62.3 cm³/mol. The summed E-state index contributed by atoms with van der Waals surface area (Å²) >= 11 is 0. The number of halogens is 1. The van der Waals surface area contributed by atoms with Crippen LogP contribution in [0.5, 0.6) is 5.75 Å². The third-order valence-corrected chi connectivity index (χ3v) is 1.99. The molecule has 0 bridgehead atoms. The molecule has 14 heavy (non-hydrogen) atoms. The van der Waals surface area contributed by atoms with Crippen LogP contribution in [0.3, 0.4) is 0 Å². The molecule has 0 aliphatic carbocycles. The van der Waals surface area contributed by atoms with Gasteiger partial charge in [-0.05, 0) is 44.0 Å². The van der Waals surface area contributed by atoms with Crippen LogP contribution in [0.15, 0.2) is 18.2 Å². The molecule has 1 unspecified atom stereocenters. The second-order valence-corrected chi connectivity index (χ2v) is 3.53. The van der Waals surface area contributed by atoms with Crippen LogP contribution in [0.2, 0.25) is 0 Å². The van der Waals surface area contributed by atoms with Crippen molar-refractivity contribution < 1.29 is 4.74 Å². The molecule has 80 valence electrons. The Kier molecular flexibility index (Phi) is 5.58. The van der Waals surface area contributed by atoms with Crippen LogP contribution in [0.25, 0.3) is 0 Å². The molecular formula is C11H18ClNO. The topological polar surface area (TPSA) is 35.2 Å². The van der Waals surface area contributed by atoms with Gasteiger partial charge in [0, 0.05) is 6.04 Å². The molecule has 1 rings (SSSR count). The largest absolute Gasteiger partial charge is 0.492 e. The molecule has 2 nitrogen and oxygen atoms in total. The highest BCUT2D eigenvalue weighted by Gasteiger charge is 1.98. The minimum atomic E-state index is 0. The van der Waals surface area contributed by atoms with E-state index in [1.165, 1.54) is 11.1 Å². The van der Waals surface area contributed by atoms with E-state index in [2.05, 4.69) is 19.9 Å². The lowest BCUT2D eigenvalue weighted by Gasteiger charge is -2.09. The van der Waals surface area contributed by atoms with E-state index in [9.17, 15) is 0 Å². The zero-order chi connectivity index (χ0) is 9.84. The van der Waals surface area contributed by atoms with Crippen molar-refractivity contribution in [3.63, 3.8) is 0 Å². The van der Waals surface area contributed by atoms with Gasteiger partial charge in [-0.1, -0.05) is 6.07 Å². The van der Waals surface area contributed by atoms with E-state index in [-0.39, 0.29) is 18.4 Å². The molecule has 0 aromatic heterocycles. The Labute approximate surface area is 91.9 Å². The van der Waals surface area contributed by atoms with Crippen molar-refractivity contribution in [2.24, 2.45) is 5.73 Å². The second-order valence-electron chi connectivity index (χ2n) is 3.53. The molecule has 1 atom stereocenters. The number of benzene rings is 1. The molecule has 0 saturated carbocycles. The van der Waals surface area contributed by atoms with Crippen molar-refractivity contribution >= 4 is 12.4 Å². The van der Waals surface area contributed by atoms with Crippen molar-refractivity contribution in [3.05, 3.63) is 29.3 Å². The predicted octanol–water partition coefficient (Wildman–Crippen LogP) is 2.45. The third-order valence-electron chi connectivity index (χ3n) is 1.99. The molecule has 0 heterocycles. The maximum Gasteiger partial charge on any atom is 0.119 e. The summed E-state index contributed by atoms with van der Waals surface area (Å²) < 4.78 is 5.48. The lowest BCUT2D eigenvalue weighted by molar-refractivity contribution is 0.296. The van der Waals surface area contributed by atoms with Gasteiger partial charge in [-0.15, -0.1) is 12.4 Å². The molecule has 0 radical (unpaired) electrons. The molecule has 3 heteroatoms. The zero-order valence-corrected chi connectivity index (χ0v) is 9.73. The molecule has 0 saturated heterocycles. The van der Waals surface area contributed by atoms with Gasteiger partial charge in [0.05, 0.1) is 0 Å². The molecule has 0 fully saturated rings. The Morgan fingerprint density at radius 3 is 2.43 bits per heavy atom. The lowest BCUT2D eigenvalue weighted by Crippen LogP contribution is -2.23. The number of nitrogens with two attached hydrogens (primary N) is 1. The fourth-order valence-electron chi connectivity index (χ4n) is 1.03. The maximum absolute atomic E-state index is 5.58. The van der Waals surface area contributed by atoms with Crippen LogP contribution in [0, 0.1) is 13.8 Å². The SMILES string of the molecule is Cc1ccc(OCC(C)N)cc1C.Cl. The van der Waals surface area contributed by atoms with E-state index in [0.717, 1.165) is 5.75 Å². The van der Waals surface area contributed by atoms with Gasteiger partial charge in [0.25, 0.3) is 0 Å². The summed E-state index contributed by atoms with van der Waals surface area (Å²) in [6.45, 7) is 6.67. The number of aryl methyl sites for hydroxylation is 2. The van der Waals surface area contributed by atoms with Gasteiger partial charge in [0.2, 0.25) is 0 Å². The standard InChI is InChI=1S/C11H17NO.ClH/c1-8-4-5-11(6-9(8)2)13-7-10(3)12;/h4-6,10H,7,12H2,1-3H3;1H. The Morgan fingerprint density at radius 1 is 1.29 bits per heavy atom. The Morgan fingerprint density at radius 2 is 1.93 bits per heavy atom. The molecule has 2 N–H and O–H groups in total. The average Bonchev–Trinajstić information content (AvgIpc) is 2.07. The summed E-state index contributed by atoms with van der Waals surface area (Å²) in [5.74, 6) is 0.903. The molecule has 1 aromatic carbocycles. The van der Waals surface area contributed by atoms with Crippen molar-refractivity contribution in [3.8, 4) is 5.75 Å². The smallest absolute Gasteiger partial charge is 0.119 e. The molecular weight excluding hydrogens is 198 g/mol. The van der Waals surface area contributed by atoms with Gasteiger partial charge in [-0.2, -0.15) is 0 Å². The first-order valence-electron chi connectivity index (χ1n) is 4.55. The normalized spacial score (nSPS) is 11.7. The van der Waals surface area contributed by atoms with Gasteiger partial charge in [-0.3, -0.25) is 0 Å². The fourth-order valence-corrected chi connectivity index (χ4v) is 1.03. The van der Waals surface area contributed by atoms with Gasteiger partial charge in [0.15, 0.2) is 0 Å². The lowest BCUT2D eigenvalue weighted by atomic mass is 10.1. The number of rotatable bonds is 3. The molecule has 1 aromatic rings. The zero-order valence-electron chi connectivity index (χ0n) is 8.91. The summed E-state index contributed by atoms with van der Waals surface area (Å²) in [6.07, 6.45) is 0. The molecule has 0 aliphatic rings. The van der Waals surface area contributed by atoms with E-state index in [4.69, 9.17) is 10.5 Å². The third kappa shape index (κ3) is 3.99. The minimum absolute atomic E-state index is 0. The van der Waals surface area contributed by atoms with Gasteiger partial charge in [0.1, 0.15) is 12.4 Å². The first-order chi connectivity index (χ1) is 6.09. The highest BCUT2D eigenvalue weighted by molar-refractivity contribution is 5.85. The summed E-state index contributed by atoms with van der Waals surface area (Å²) in [4.78, 5) is 0. The Bertz CT molecular complexity index is 287. The van der Waals surface area contributed by atoms with Gasteiger partial charge < -0.3 is 10.5 Å². The van der Waals surface area contributed by atoms with Crippen LogP contribution in [-0.4, -0.2) is 12.6 Å². The number of hydrogen-bond donors (Lipinski definition) is 1. The maximum atomic E-state index is 5.58. The molecule has 0 spiro atoms. The van der Waals surface area contributed by atoms with Crippen molar-refractivity contribution in [1.29, 1.82) is 0 Å². The van der Waals surface area contributed by atoms with Crippen LogP contribution in [0.1, 0.15) is 18.1 Å². The van der Waals surface area contributed by atoms with Crippen molar-refractivity contribution in [2.45, 2.75) is 26.8 Å². The summed E-state index contributed by atoms with van der Waals surface area (Å²) in [6, 6.07) is 6.16. The molecule has 0 aliphatic heterocycles. The Hall–Kier alpha value is -0.730. The van der Waals surface area contributed by atoms with Crippen molar-refractivity contribution in [1.82, 2.24) is 0 Å². The Balaban J connectivity index is 0.00000169. The van der Waals surface area contributed by atoms with E-state index in [1.54, 1.807) is 0 Å². The minimum Gasteiger partial charge on any atom is -0.492 e. The van der Waals surface area contributed by atoms with E-state index >= 15 is 0 Å². The van der Waals surface area contributed by atoms with Crippen LogP contribution in [-0.2, 0) is 0 Å². The average molecular weight is 216 g/mol. The fraction of sp³-hybridized carbons (Fsp3) is 0.455.